The molecule has 0 saturated heterocycles. The van der Waals surface area contributed by atoms with Gasteiger partial charge in [0.05, 0.1) is 0 Å². The first kappa shape index (κ1) is 15.5. The number of benzene rings is 2. The Morgan fingerprint density at radius 3 is 2.48 bits per heavy atom. The number of hydrogen-bond acceptors (Lipinski definition) is 1. The number of anilines is 1. The van der Waals surface area contributed by atoms with Crippen LogP contribution in [-0.2, 0) is 4.79 Å². The molecule has 3 nitrogen and oxygen atoms in total. The fourth-order valence-electron chi connectivity index (χ4n) is 2.21. The molecule has 2 aromatic carbocycles. The Bertz CT molecular complexity index is 601. The largest absolute Gasteiger partial charge is 0.330 e. The first-order chi connectivity index (χ1) is 10.1. The predicted molar refractivity (Wildman–Crippen MR) is 86.3 cm³/mol. The maximum atomic E-state index is 12.2. The molecule has 0 bridgehead atoms. The van der Waals surface area contributed by atoms with Crippen LogP contribution in [0.5, 0.6) is 0 Å². The molecule has 2 aromatic rings. The molecule has 3 N–H and O–H groups in total. The lowest BCUT2D eigenvalue weighted by atomic mass is 10.1. The Morgan fingerprint density at radius 2 is 1.81 bits per heavy atom. The van der Waals surface area contributed by atoms with Gasteiger partial charge in [-0.2, -0.15) is 0 Å². The zero-order valence-corrected chi connectivity index (χ0v) is 13.0. The third-order valence-corrected chi connectivity index (χ3v) is 3.64. The van der Waals surface area contributed by atoms with Gasteiger partial charge in [0.15, 0.2) is 6.04 Å². The van der Waals surface area contributed by atoms with Crippen LogP contribution < -0.4 is 10.6 Å². The van der Waals surface area contributed by atoms with Gasteiger partial charge >= 0.3 is 0 Å². The Morgan fingerprint density at radius 1 is 1.10 bits per heavy atom. The molecule has 0 aromatic heterocycles. The van der Waals surface area contributed by atoms with Crippen LogP contribution in [0.15, 0.2) is 54.6 Å². The fourth-order valence-corrected chi connectivity index (χ4v) is 2.40. The van der Waals surface area contributed by atoms with Gasteiger partial charge in [0, 0.05) is 16.3 Å². The standard InChI is InChI=1S/C17H19ClN2O/c1-12(14-7-4-3-5-8-14)19-13(2)17(21)20-16-10-6-9-15(18)11-16/h3-13,19H,1-2H3,(H,20,21)/p+1/t12-,13-/m1/s1. The third-order valence-electron chi connectivity index (χ3n) is 3.41. The highest BCUT2D eigenvalue weighted by Crippen LogP contribution is 2.15. The van der Waals surface area contributed by atoms with E-state index in [1.807, 2.05) is 37.3 Å². The van der Waals surface area contributed by atoms with Crippen LogP contribution in [0, 0.1) is 0 Å². The summed E-state index contributed by atoms with van der Waals surface area (Å²) < 4.78 is 0. The third kappa shape index (κ3) is 4.59. The van der Waals surface area contributed by atoms with Crippen LogP contribution in [0.3, 0.4) is 0 Å². The van der Waals surface area contributed by atoms with E-state index >= 15 is 0 Å². The lowest BCUT2D eigenvalue weighted by molar-refractivity contribution is -0.709. The Balaban J connectivity index is 1.93. The van der Waals surface area contributed by atoms with E-state index in [0.29, 0.717) is 5.02 Å². The summed E-state index contributed by atoms with van der Waals surface area (Å²) in [5, 5.41) is 5.55. The molecular weight excluding hydrogens is 284 g/mol. The molecular formula is C17H20ClN2O+. The summed E-state index contributed by atoms with van der Waals surface area (Å²) >= 11 is 5.91. The van der Waals surface area contributed by atoms with E-state index in [0.717, 1.165) is 5.69 Å². The smallest absolute Gasteiger partial charge is 0.282 e. The maximum Gasteiger partial charge on any atom is 0.282 e. The van der Waals surface area contributed by atoms with E-state index in [2.05, 4.69) is 29.7 Å². The van der Waals surface area contributed by atoms with E-state index in [1.54, 1.807) is 12.1 Å². The highest BCUT2D eigenvalue weighted by atomic mass is 35.5. The number of hydrogen-bond donors (Lipinski definition) is 2. The summed E-state index contributed by atoms with van der Waals surface area (Å²) in [6, 6.07) is 17.4. The van der Waals surface area contributed by atoms with Crippen LogP contribution in [0.1, 0.15) is 25.5 Å². The molecule has 0 heterocycles. The zero-order valence-electron chi connectivity index (χ0n) is 12.2. The topological polar surface area (TPSA) is 45.7 Å². The second kappa shape index (κ2) is 7.25. The number of nitrogens with two attached hydrogens (primary N) is 1. The molecule has 0 aliphatic rings. The minimum atomic E-state index is -0.181. The van der Waals surface area contributed by atoms with Crippen molar-refractivity contribution in [1.29, 1.82) is 0 Å². The van der Waals surface area contributed by atoms with E-state index in [4.69, 9.17) is 11.6 Å². The molecule has 0 aliphatic carbocycles. The molecule has 0 aliphatic heterocycles. The lowest BCUT2D eigenvalue weighted by Gasteiger charge is -2.17. The summed E-state index contributed by atoms with van der Waals surface area (Å²) in [4.78, 5) is 12.2. The van der Waals surface area contributed by atoms with Crippen molar-refractivity contribution < 1.29 is 10.1 Å². The van der Waals surface area contributed by atoms with Crippen molar-refractivity contribution in [3.63, 3.8) is 0 Å². The van der Waals surface area contributed by atoms with Crippen molar-refractivity contribution in [3.8, 4) is 0 Å². The second-order valence-electron chi connectivity index (χ2n) is 5.18. The van der Waals surface area contributed by atoms with Crippen LogP contribution in [-0.4, -0.2) is 11.9 Å². The molecule has 0 fully saturated rings. The van der Waals surface area contributed by atoms with Gasteiger partial charge in [-0.3, -0.25) is 4.79 Å². The normalized spacial score (nSPS) is 13.5. The van der Waals surface area contributed by atoms with Crippen molar-refractivity contribution in [2.45, 2.75) is 25.9 Å². The van der Waals surface area contributed by atoms with Crippen molar-refractivity contribution in [3.05, 3.63) is 65.2 Å². The molecule has 1 amide bonds. The first-order valence-electron chi connectivity index (χ1n) is 7.02. The number of carbonyl (C=O) groups excluding carboxylic acids is 1. The number of halogens is 1. The summed E-state index contributed by atoms with van der Waals surface area (Å²) in [6.07, 6.45) is 0. The quantitative estimate of drug-likeness (QED) is 0.876. The van der Waals surface area contributed by atoms with Crippen LogP contribution >= 0.6 is 11.6 Å². The highest BCUT2D eigenvalue weighted by molar-refractivity contribution is 6.30. The van der Waals surface area contributed by atoms with E-state index in [9.17, 15) is 4.79 Å². The maximum absolute atomic E-state index is 12.2. The van der Waals surface area contributed by atoms with Gasteiger partial charge in [-0.1, -0.05) is 48.0 Å². The molecule has 2 rings (SSSR count). The number of nitrogens with one attached hydrogen (secondary N) is 1. The van der Waals surface area contributed by atoms with Crippen molar-refractivity contribution >= 4 is 23.2 Å². The van der Waals surface area contributed by atoms with Gasteiger partial charge < -0.3 is 10.6 Å². The van der Waals surface area contributed by atoms with E-state index in [-0.39, 0.29) is 18.0 Å². The first-order valence-corrected chi connectivity index (χ1v) is 7.40. The van der Waals surface area contributed by atoms with Gasteiger partial charge in [-0.15, -0.1) is 0 Å². The van der Waals surface area contributed by atoms with E-state index in [1.165, 1.54) is 5.56 Å². The molecule has 2 atom stereocenters. The SMILES string of the molecule is C[C@@H]([NH2+][C@H](C)c1ccccc1)C(=O)Nc1cccc(Cl)c1. The average Bonchev–Trinajstić information content (AvgIpc) is 2.48. The van der Waals surface area contributed by atoms with Crippen molar-refractivity contribution in [2.75, 3.05) is 5.32 Å². The predicted octanol–water partition coefficient (Wildman–Crippen LogP) is 2.99. The van der Waals surface area contributed by atoms with E-state index < -0.39 is 0 Å². The summed E-state index contributed by atoms with van der Waals surface area (Å²) in [5.74, 6) is -0.0277. The molecule has 0 radical (unpaired) electrons. The second-order valence-corrected chi connectivity index (χ2v) is 5.62. The van der Waals surface area contributed by atoms with Gasteiger partial charge in [0.25, 0.3) is 5.91 Å². The lowest BCUT2D eigenvalue weighted by Crippen LogP contribution is -2.91. The Kier molecular flexibility index (Phi) is 5.37. The molecule has 21 heavy (non-hydrogen) atoms. The van der Waals surface area contributed by atoms with Crippen molar-refractivity contribution in [2.24, 2.45) is 0 Å². The molecule has 110 valence electrons. The summed E-state index contributed by atoms with van der Waals surface area (Å²) in [7, 11) is 0. The molecule has 4 heteroatoms. The summed E-state index contributed by atoms with van der Waals surface area (Å²) in [5.41, 5.74) is 1.93. The highest BCUT2D eigenvalue weighted by Gasteiger charge is 2.20. The Hall–Kier alpha value is -1.84. The minimum Gasteiger partial charge on any atom is -0.330 e. The van der Waals surface area contributed by atoms with Gasteiger partial charge in [0.2, 0.25) is 0 Å². The molecule has 0 unspecified atom stereocenters. The molecule has 0 spiro atoms. The fraction of sp³-hybridized carbons (Fsp3) is 0.235. The Labute approximate surface area is 130 Å². The van der Waals surface area contributed by atoms with Gasteiger partial charge in [-0.05, 0) is 32.0 Å². The average molecular weight is 304 g/mol. The number of rotatable bonds is 5. The van der Waals surface area contributed by atoms with Gasteiger partial charge in [-0.25, -0.2) is 0 Å². The van der Waals surface area contributed by atoms with Crippen molar-refractivity contribution in [1.82, 2.24) is 0 Å². The van der Waals surface area contributed by atoms with Crippen LogP contribution in [0.4, 0.5) is 5.69 Å². The number of amides is 1. The summed E-state index contributed by atoms with van der Waals surface area (Å²) in [6.45, 7) is 4.00. The number of carbonyl (C=O) groups is 1. The number of quaternary nitrogens is 1. The van der Waals surface area contributed by atoms with Crippen LogP contribution in [0.2, 0.25) is 5.02 Å². The molecule has 0 saturated carbocycles. The van der Waals surface area contributed by atoms with Crippen LogP contribution in [0.25, 0.3) is 0 Å². The zero-order chi connectivity index (χ0) is 15.2. The minimum absolute atomic E-state index is 0.0277. The van der Waals surface area contributed by atoms with Gasteiger partial charge in [0.1, 0.15) is 6.04 Å². The monoisotopic (exact) mass is 303 g/mol.